The second-order valence-corrected chi connectivity index (χ2v) is 6.69. The Labute approximate surface area is 156 Å². The molecule has 2 heterocycles. The van der Waals surface area contributed by atoms with Gasteiger partial charge >= 0.3 is 0 Å². The SMILES string of the molecule is CCCCNC.Cc1ccc(Br)nc1.Cc1ccc(I)nc1. The second kappa shape index (κ2) is 14.1. The van der Waals surface area contributed by atoms with Crippen molar-refractivity contribution in [2.75, 3.05) is 13.6 Å². The quantitative estimate of drug-likeness (QED) is 0.377. The van der Waals surface area contributed by atoms with Crippen molar-refractivity contribution in [3.8, 4) is 0 Å². The summed E-state index contributed by atoms with van der Waals surface area (Å²) in [5, 5.41) is 3.07. The molecule has 0 aliphatic heterocycles. The highest BCUT2D eigenvalue weighted by Gasteiger charge is 1.83. The Morgan fingerprint density at radius 1 is 1.05 bits per heavy atom. The van der Waals surface area contributed by atoms with E-state index in [2.05, 4.69) is 66.8 Å². The van der Waals surface area contributed by atoms with E-state index in [1.807, 2.05) is 51.5 Å². The minimum atomic E-state index is 0.892. The van der Waals surface area contributed by atoms with Crippen molar-refractivity contribution in [1.29, 1.82) is 0 Å². The van der Waals surface area contributed by atoms with Crippen LogP contribution in [0.1, 0.15) is 30.9 Å². The van der Waals surface area contributed by atoms with E-state index in [0.29, 0.717) is 0 Å². The summed E-state index contributed by atoms with van der Waals surface area (Å²) in [4.78, 5) is 8.06. The summed E-state index contributed by atoms with van der Waals surface area (Å²) in [7, 11) is 1.98. The van der Waals surface area contributed by atoms with Crippen molar-refractivity contribution in [1.82, 2.24) is 15.3 Å². The number of rotatable bonds is 3. The molecule has 0 aliphatic carbocycles. The third-order valence-electron chi connectivity index (χ3n) is 2.53. The summed E-state index contributed by atoms with van der Waals surface area (Å²) in [6, 6.07) is 7.98. The summed E-state index contributed by atoms with van der Waals surface area (Å²) in [5.74, 6) is 0. The van der Waals surface area contributed by atoms with Crippen LogP contribution < -0.4 is 5.32 Å². The highest BCUT2D eigenvalue weighted by molar-refractivity contribution is 14.1. The molecule has 0 fully saturated rings. The van der Waals surface area contributed by atoms with E-state index in [9.17, 15) is 0 Å². The van der Waals surface area contributed by atoms with Gasteiger partial charge in [-0.05, 0) is 95.6 Å². The topological polar surface area (TPSA) is 37.8 Å². The molecule has 0 saturated carbocycles. The zero-order valence-corrected chi connectivity index (χ0v) is 17.5. The van der Waals surface area contributed by atoms with Crippen molar-refractivity contribution in [2.45, 2.75) is 33.6 Å². The van der Waals surface area contributed by atoms with Gasteiger partial charge in [-0.15, -0.1) is 0 Å². The molecule has 122 valence electrons. The normalized spacial score (nSPS) is 9.18. The summed E-state index contributed by atoms with van der Waals surface area (Å²) in [5.41, 5.74) is 2.40. The number of pyridine rings is 2. The van der Waals surface area contributed by atoms with Gasteiger partial charge in [0, 0.05) is 12.4 Å². The van der Waals surface area contributed by atoms with Gasteiger partial charge in [0.15, 0.2) is 0 Å². The Balaban J connectivity index is 0.000000306. The van der Waals surface area contributed by atoms with E-state index < -0.39 is 0 Å². The van der Waals surface area contributed by atoms with E-state index in [4.69, 9.17) is 0 Å². The zero-order chi connectivity index (χ0) is 16.8. The van der Waals surface area contributed by atoms with Crippen molar-refractivity contribution < 1.29 is 0 Å². The predicted molar refractivity (Wildman–Crippen MR) is 107 cm³/mol. The summed E-state index contributed by atoms with van der Waals surface area (Å²) in [6.45, 7) is 7.40. The van der Waals surface area contributed by atoms with Crippen LogP contribution in [0.5, 0.6) is 0 Å². The monoisotopic (exact) mass is 477 g/mol. The van der Waals surface area contributed by atoms with Gasteiger partial charge in [0.2, 0.25) is 0 Å². The number of nitrogens with one attached hydrogen (secondary N) is 1. The summed E-state index contributed by atoms with van der Waals surface area (Å²) < 4.78 is 1.94. The maximum absolute atomic E-state index is 4.07. The van der Waals surface area contributed by atoms with Crippen LogP contribution >= 0.6 is 38.5 Å². The number of aromatic nitrogens is 2. The van der Waals surface area contributed by atoms with Crippen LogP contribution in [0.25, 0.3) is 0 Å². The van der Waals surface area contributed by atoms with E-state index in [0.717, 1.165) is 14.8 Å². The third kappa shape index (κ3) is 13.2. The first kappa shape index (κ1) is 21.5. The molecular weight excluding hydrogens is 453 g/mol. The molecule has 0 amide bonds. The first-order valence-corrected chi connectivity index (χ1v) is 9.17. The van der Waals surface area contributed by atoms with Crippen LogP contribution in [-0.2, 0) is 0 Å². The molecule has 0 radical (unpaired) electrons. The highest BCUT2D eigenvalue weighted by Crippen LogP contribution is 2.04. The minimum Gasteiger partial charge on any atom is -0.320 e. The lowest BCUT2D eigenvalue weighted by atomic mass is 10.3. The third-order valence-corrected chi connectivity index (χ3v) is 3.64. The molecule has 0 spiro atoms. The Bertz CT molecular complexity index is 397. The molecule has 0 aromatic carbocycles. The molecule has 0 unspecified atom stereocenters. The number of aryl methyl sites for hydroxylation is 2. The van der Waals surface area contributed by atoms with E-state index >= 15 is 0 Å². The Morgan fingerprint density at radius 2 is 1.64 bits per heavy atom. The lowest BCUT2D eigenvalue weighted by molar-refractivity contribution is 0.711. The van der Waals surface area contributed by atoms with Crippen LogP contribution in [0, 0.1) is 17.5 Å². The first-order valence-electron chi connectivity index (χ1n) is 7.30. The smallest absolute Gasteiger partial charge is 0.106 e. The number of hydrogen-bond acceptors (Lipinski definition) is 3. The number of hydrogen-bond donors (Lipinski definition) is 1. The van der Waals surface area contributed by atoms with Crippen LogP contribution in [0.4, 0.5) is 0 Å². The maximum Gasteiger partial charge on any atom is 0.106 e. The highest BCUT2D eigenvalue weighted by atomic mass is 127. The fourth-order valence-corrected chi connectivity index (χ4v) is 1.81. The zero-order valence-electron chi connectivity index (χ0n) is 13.7. The average Bonchev–Trinajstić information content (AvgIpc) is 2.52. The average molecular weight is 478 g/mol. The van der Waals surface area contributed by atoms with Crippen molar-refractivity contribution in [3.05, 3.63) is 56.1 Å². The lowest BCUT2D eigenvalue weighted by Gasteiger charge is -1.89. The van der Waals surface area contributed by atoms with Crippen LogP contribution in [0.2, 0.25) is 0 Å². The molecule has 2 rings (SSSR count). The fourth-order valence-electron chi connectivity index (χ4n) is 1.25. The molecule has 2 aromatic rings. The molecule has 0 aliphatic rings. The van der Waals surface area contributed by atoms with Gasteiger partial charge in [-0.3, -0.25) is 4.98 Å². The molecule has 0 bridgehead atoms. The number of nitrogens with zero attached hydrogens (tertiary/aromatic N) is 2. The molecule has 1 N–H and O–H groups in total. The Morgan fingerprint density at radius 3 is 1.91 bits per heavy atom. The van der Waals surface area contributed by atoms with Gasteiger partial charge in [0.1, 0.15) is 8.30 Å². The molecule has 2 aromatic heterocycles. The predicted octanol–water partition coefficient (Wildman–Crippen LogP) is 5.15. The molecular formula is C17H25BrIN3. The summed E-state index contributed by atoms with van der Waals surface area (Å²) >= 11 is 5.42. The van der Waals surface area contributed by atoms with Crippen molar-refractivity contribution >= 4 is 38.5 Å². The van der Waals surface area contributed by atoms with Crippen molar-refractivity contribution in [3.63, 3.8) is 0 Å². The van der Waals surface area contributed by atoms with E-state index in [1.54, 1.807) is 0 Å². The van der Waals surface area contributed by atoms with E-state index in [1.165, 1.54) is 24.0 Å². The van der Waals surface area contributed by atoms with Gasteiger partial charge in [-0.1, -0.05) is 25.5 Å². The fraction of sp³-hybridized carbons (Fsp3) is 0.412. The molecule has 5 heteroatoms. The van der Waals surface area contributed by atoms with Gasteiger partial charge in [-0.25, -0.2) is 4.98 Å². The van der Waals surface area contributed by atoms with Gasteiger partial charge in [-0.2, -0.15) is 0 Å². The van der Waals surface area contributed by atoms with Gasteiger partial charge in [0.05, 0.1) is 0 Å². The minimum absolute atomic E-state index is 0.892. The Kier molecular flexibility index (Phi) is 13.7. The number of halogens is 2. The largest absolute Gasteiger partial charge is 0.320 e. The van der Waals surface area contributed by atoms with Gasteiger partial charge in [0.25, 0.3) is 0 Å². The maximum atomic E-state index is 4.07. The first-order chi connectivity index (χ1) is 10.5. The van der Waals surface area contributed by atoms with Crippen LogP contribution in [0.3, 0.4) is 0 Å². The molecule has 3 nitrogen and oxygen atoms in total. The molecule has 0 saturated heterocycles. The number of unbranched alkanes of at least 4 members (excludes halogenated alkanes) is 1. The molecule has 0 atom stereocenters. The van der Waals surface area contributed by atoms with E-state index in [-0.39, 0.29) is 0 Å². The van der Waals surface area contributed by atoms with Crippen LogP contribution in [0.15, 0.2) is 41.3 Å². The van der Waals surface area contributed by atoms with Crippen LogP contribution in [-0.4, -0.2) is 23.6 Å². The second-order valence-electron chi connectivity index (χ2n) is 4.77. The summed E-state index contributed by atoms with van der Waals surface area (Å²) in [6.07, 6.45) is 6.28. The van der Waals surface area contributed by atoms with Crippen molar-refractivity contribution in [2.24, 2.45) is 0 Å². The standard InChI is InChI=1S/C6H6BrN.C6H6IN.C5H13N/c2*1-5-2-3-6(7)8-4-5;1-3-4-5-6-2/h2*2-4H,1H3;6H,3-5H2,1-2H3. The van der Waals surface area contributed by atoms with Gasteiger partial charge < -0.3 is 5.32 Å². The molecule has 22 heavy (non-hydrogen) atoms. The lowest BCUT2D eigenvalue weighted by Crippen LogP contribution is -2.06. The Hall–Kier alpha value is -0.530.